The molecule has 2 aromatic rings. The summed E-state index contributed by atoms with van der Waals surface area (Å²) in [6.45, 7) is 11.2. The number of hydrogen-bond donors (Lipinski definition) is 1. The fourth-order valence-electron chi connectivity index (χ4n) is 4.04. The second-order valence-corrected chi connectivity index (χ2v) is 8.83. The average molecular weight is 409 g/mol. The van der Waals surface area contributed by atoms with Crippen LogP contribution in [0.2, 0.25) is 0 Å². The summed E-state index contributed by atoms with van der Waals surface area (Å²) < 4.78 is 5.67. The summed E-state index contributed by atoms with van der Waals surface area (Å²) in [4.78, 5) is 15.3. The van der Waals surface area contributed by atoms with E-state index in [9.17, 15) is 4.79 Å². The van der Waals surface area contributed by atoms with Crippen molar-refractivity contribution in [3.05, 3.63) is 65.2 Å². The van der Waals surface area contributed by atoms with Crippen molar-refractivity contribution in [1.82, 2.24) is 10.2 Å². The Morgan fingerprint density at radius 2 is 1.50 bits per heavy atom. The number of carbonyl (C=O) groups is 1. The molecule has 0 unspecified atom stereocenters. The molecule has 1 heterocycles. The Morgan fingerprint density at radius 3 is 2.07 bits per heavy atom. The minimum absolute atomic E-state index is 0.0353. The normalized spacial score (nSPS) is 15.9. The van der Waals surface area contributed by atoms with Gasteiger partial charge in [-0.1, -0.05) is 44.5 Å². The third-order valence-corrected chi connectivity index (χ3v) is 5.76. The zero-order valence-electron chi connectivity index (χ0n) is 18.9. The molecular weight excluding hydrogens is 372 g/mol. The van der Waals surface area contributed by atoms with Gasteiger partial charge in [-0.25, -0.2) is 0 Å². The summed E-state index contributed by atoms with van der Waals surface area (Å²) in [5.74, 6) is 1.28. The first-order chi connectivity index (χ1) is 14.4. The molecule has 0 aromatic heterocycles. The van der Waals surface area contributed by atoms with E-state index in [1.807, 2.05) is 38.1 Å². The number of ether oxygens (including phenoxy) is 1. The minimum Gasteiger partial charge on any atom is -0.491 e. The number of piperidine rings is 1. The van der Waals surface area contributed by atoms with E-state index in [0.717, 1.165) is 18.8 Å². The summed E-state index contributed by atoms with van der Waals surface area (Å²) in [6, 6.07) is 16.5. The third-order valence-electron chi connectivity index (χ3n) is 5.76. The lowest BCUT2D eigenvalue weighted by Gasteiger charge is -2.35. The van der Waals surface area contributed by atoms with Crippen LogP contribution in [0.5, 0.6) is 5.75 Å². The van der Waals surface area contributed by atoms with Crippen LogP contribution in [-0.4, -0.2) is 36.5 Å². The lowest BCUT2D eigenvalue weighted by Crippen LogP contribution is -2.40. The second-order valence-electron chi connectivity index (χ2n) is 8.83. The quantitative estimate of drug-likeness (QED) is 0.622. The molecule has 3 rings (SSSR count). The maximum atomic E-state index is 12.8. The van der Waals surface area contributed by atoms with Crippen LogP contribution in [0.1, 0.15) is 80.4 Å². The van der Waals surface area contributed by atoms with E-state index in [4.69, 9.17) is 4.74 Å². The molecule has 162 valence electrons. The number of likely N-dealkylation sites (tertiary alicyclic amines) is 1. The zero-order valence-corrected chi connectivity index (χ0v) is 18.9. The number of carbonyl (C=O) groups excluding carboxylic acids is 1. The van der Waals surface area contributed by atoms with Crippen molar-refractivity contribution in [2.75, 3.05) is 19.6 Å². The Hall–Kier alpha value is -2.33. The van der Waals surface area contributed by atoms with Gasteiger partial charge in [0.25, 0.3) is 5.91 Å². The van der Waals surface area contributed by atoms with E-state index in [1.165, 1.54) is 30.4 Å². The first-order valence-corrected chi connectivity index (χ1v) is 11.3. The smallest absolute Gasteiger partial charge is 0.251 e. The van der Waals surface area contributed by atoms with Crippen molar-refractivity contribution in [3.8, 4) is 5.75 Å². The van der Waals surface area contributed by atoms with Crippen molar-refractivity contribution in [2.45, 2.75) is 65.0 Å². The molecule has 0 radical (unpaired) electrons. The Bertz CT molecular complexity index is 791. The van der Waals surface area contributed by atoms with Gasteiger partial charge in [0.05, 0.1) is 12.1 Å². The Kier molecular flexibility index (Phi) is 7.92. The van der Waals surface area contributed by atoms with Gasteiger partial charge < -0.3 is 10.1 Å². The predicted molar refractivity (Wildman–Crippen MR) is 123 cm³/mol. The van der Waals surface area contributed by atoms with Gasteiger partial charge in [-0.05, 0) is 81.1 Å². The van der Waals surface area contributed by atoms with Crippen molar-refractivity contribution in [3.63, 3.8) is 0 Å². The van der Waals surface area contributed by atoms with Crippen molar-refractivity contribution < 1.29 is 9.53 Å². The summed E-state index contributed by atoms with van der Waals surface area (Å²) in [6.07, 6.45) is 3.88. The van der Waals surface area contributed by atoms with E-state index in [-0.39, 0.29) is 18.1 Å². The molecule has 0 spiro atoms. The van der Waals surface area contributed by atoms with Gasteiger partial charge in [0, 0.05) is 12.1 Å². The van der Waals surface area contributed by atoms with Gasteiger partial charge in [-0.2, -0.15) is 0 Å². The lowest BCUT2D eigenvalue weighted by atomic mass is 9.97. The molecule has 0 bridgehead atoms. The van der Waals surface area contributed by atoms with Crippen LogP contribution in [0.4, 0.5) is 0 Å². The first-order valence-electron chi connectivity index (χ1n) is 11.3. The van der Waals surface area contributed by atoms with Crippen molar-refractivity contribution in [1.29, 1.82) is 0 Å². The summed E-state index contributed by atoms with van der Waals surface area (Å²) in [5.41, 5.74) is 3.30. The van der Waals surface area contributed by atoms with Gasteiger partial charge in [0.2, 0.25) is 0 Å². The van der Waals surface area contributed by atoms with Crippen LogP contribution < -0.4 is 10.1 Å². The van der Waals surface area contributed by atoms with Crippen LogP contribution in [0.3, 0.4) is 0 Å². The Balaban J connectivity index is 1.69. The van der Waals surface area contributed by atoms with Crippen molar-refractivity contribution >= 4 is 5.91 Å². The highest BCUT2D eigenvalue weighted by atomic mass is 16.5. The van der Waals surface area contributed by atoms with Gasteiger partial charge in [0.1, 0.15) is 5.75 Å². The highest BCUT2D eigenvalue weighted by Crippen LogP contribution is 2.26. The summed E-state index contributed by atoms with van der Waals surface area (Å²) in [7, 11) is 0. The molecule has 4 nitrogen and oxygen atoms in total. The third kappa shape index (κ3) is 6.09. The number of nitrogens with zero attached hydrogens (tertiary/aromatic N) is 1. The summed E-state index contributed by atoms with van der Waals surface area (Å²) in [5, 5.41) is 3.17. The largest absolute Gasteiger partial charge is 0.491 e. The van der Waals surface area contributed by atoms with E-state index in [2.05, 4.69) is 48.3 Å². The molecule has 30 heavy (non-hydrogen) atoms. The molecule has 1 saturated heterocycles. The molecule has 1 atom stereocenters. The van der Waals surface area contributed by atoms with Gasteiger partial charge in [-0.3, -0.25) is 9.69 Å². The summed E-state index contributed by atoms with van der Waals surface area (Å²) >= 11 is 0. The highest BCUT2D eigenvalue weighted by Gasteiger charge is 2.23. The molecule has 2 aromatic carbocycles. The predicted octanol–water partition coefficient (Wildman–Crippen LogP) is 5.55. The SMILES string of the molecule is CC(C)Oc1ccc(C(=O)NC[C@H](c2ccc(C(C)C)cc2)N2CCCCC2)cc1. The molecule has 1 aliphatic rings. The molecule has 4 heteroatoms. The second kappa shape index (κ2) is 10.6. The molecule has 1 aliphatic heterocycles. The maximum absolute atomic E-state index is 12.8. The number of nitrogens with one attached hydrogen (secondary N) is 1. The van der Waals surface area contributed by atoms with Crippen LogP contribution in [0.15, 0.2) is 48.5 Å². The fraction of sp³-hybridized carbons (Fsp3) is 0.500. The fourth-order valence-corrected chi connectivity index (χ4v) is 4.04. The maximum Gasteiger partial charge on any atom is 0.251 e. The van der Waals surface area contributed by atoms with E-state index in [0.29, 0.717) is 18.0 Å². The zero-order chi connectivity index (χ0) is 21.5. The van der Waals surface area contributed by atoms with Crippen LogP contribution in [-0.2, 0) is 0 Å². The van der Waals surface area contributed by atoms with Gasteiger partial charge in [-0.15, -0.1) is 0 Å². The van der Waals surface area contributed by atoms with Gasteiger partial charge in [0.15, 0.2) is 0 Å². The lowest BCUT2D eigenvalue weighted by molar-refractivity contribution is 0.0924. The first kappa shape index (κ1) is 22.4. The minimum atomic E-state index is -0.0353. The topological polar surface area (TPSA) is 41.6 Å². The van der Waals surface area contributed by atoms with E-state index < -0.39 is 0 Å². The standard InChI is InChI=1S/C26H36N2O2/c1-19(2)21-8-10-22(11-9-21)25(28-16-6-5-7-17-28)18-27-26(29)23-12-14-24(15-13-23)30-20(3)4/h8-15,19-20,25H,5-7,16-18H2,1-4H3,(H,27,29)/t25-/m1/s1. The number of hydrogen-bond acceptors (Lipinski definition) is 3. The van der Waals surface area contributed by atoms with Crippen LogP contribution in [0, 0.1) is 0 Å². The van der Waals surface area contributed by atoms with E-state index in [1.54, 1.807) is 0 Å². The van der Waals surface area contributed by atoms with Gasteiger partial charge >= 0.3 is 0 Å². The molecule has 0 aliphatic carbocycles. The highest BCUT2D eigenvalue weighted by molar-refractivity contribution is 5.94. The van der Waals surface area contributed by atoms with Crippen molar-refractivity contribution in [2.24, 2.45) is 0 Å². The molecular formula is C26H36N2O2. The Morgan fingerprint density at radius 1 is 0.900 bits per heavy atom. The Labute approximate surface area is 181 Å². The van der Waals surface area contributed by atoms with Crippen LogP contribution in [0.25, 0.3) is 0 Å². The average Bonchev–Trinajstić information content (AvgIpc) is 2.75. The molecule has 1 amide bonds. The number of rotatable bonds is 8. The molecule has 1 fully saturated rings. The van der Waals surface area contributed by atoms with Crippen LogP contribution >= 0.6 is 0 Å². The molecule has 1 N–H and O–H groups in total. The molecule has 0 saturated carbocycles. The monoisotopic (exact) mass is 408 g/mol. The number of benzene rings is 2. The van der Waals surface area contributed by atoms with E-state index >= 15 is 0 Å². The number of amides is 1.